The van der Waals surface area contributed by atoms with Crippen LogP contribution in [0.25, 0.3) is 0 Å². The van der Waals surface area contributed by atoms with Crippen LogP contribution in [0.1, 0.15) is 11.1 Å². The lowest BCUT2D eigenvalue weighted by Gasteiger charge is -2.24. The average molecular weight is 258 g/mol. The van der Waals surface area contributed by atoms with Crippen LogP contribution in [-0.2, 0) is 16.8 Å². The van der Waals surface area contributed by atoms with Crippen molar-refractivity contribution in [1.82, 2.24) is 0 Å². The lowest BCUT2D eigenvalue weighted by Crippen LogP contribution is -2.40. The van der Waals surface area contributed by atoms with Crippen LogP contribution in [0, 0.1) is 5.82 Å². The van der Waals surface area contributed by atoms with Crippen molar-refractivity contribution >= 4 is 5.97 Å². The van der Waals surface area contributed by atoms with Crippen LogP contribution < -0.4 is 4.74 Å². The fraction of sp³-hybridized carbons (Fsp3) is 0.133. The van der Waals surface area contributed by atoms with E-state index in [1.165, 1.54) is 12.1 Å². The average Bonchev–Trinajstić information content (AvgIpc) is 2.79. The van der Waals surface area contributed by atoms with Crippen molar-refractivity contribution in [2.75, 3.05) is 0 Å². The van der Waals surface area contributed by atoms with Gasteiger partial charge in [-0.1, -0.05) is 36.4 Å². The molecule has 2 aromatic rings. The lowest BCUT2D eigenvalue weighted by atomic mass is 9.89. The fourth-order valence-electron chi connectivity index (χ4n) is 2.37. The fourth-order valence-corrected chi connectivity index (χ4v) is 2.37. The number of carboxylic acids is 1. The number of rotatable bonds is 2. The highest BCUT2D eigenvalue weighted by atomic mass is 19.1. The smallest absolute Gasteiger partial charge is 0.353 e. The lowest BCUT2D eigenvalue weighted by molar-refractivity contribution is -0.154. The highest BCUT2D eigenvalue weighted by Crippen LogP contribution is 2.41. The van der Waals surface area contributed by atoms with E-state index in [-0.39, 0.29) is 6.42 Å². The Hall–Kier alpha value is -2.36. The molecule has 1 aliphatic rings. The molecule has 0 fully saturated rings. The van der Waals surface area contributed by atoms with Gasteiger partial charge in [0.2, 0.25) is 5.60 Å². The minimum Gasteiger partial charge on any atom is -0.478 e. The first kappa shape index (κ1) is 11.7. The summed E-state index contributed by atoms with van der Waals surface area (Å²) in [6, 6.07) is 12.8. The van der Waals surface area contributed by atoms with E-state index in [1.807, 2.05) is 0 Å². The summed E-state index contributed by atoms with van der Waals surface area (Å²) in [4.78, 5) is 11.7. The zero-order chi connectivity index (χ0) is 13.5. The van der Waals surface area contributed by atoms with Crippen molar-refractivity contribution in [2.45, 2.75) is 12.0 Å². The monoisotopic (exact) mass is 258 g/mol. The summed E-state index contributed by atoms with van der Waals surface area (Å²) in [5, 5.41) is 9.54. The van der Waals surface area contributed by atoms with Gasteiger partial charge in [-0.2, -0.15) is 0 Å². The summed E-state index contributed by atoms with van der Waals surface area (Å²) >= 11 is 0. The van der Waals surface area contributed by atoms with E-state index >= 15 is 0 Å². The Labute approximate surface area is 109 Å². The topological polar surface area (TPSA) is 46.5 Å². The van der Waals surface area contributed by atoms with E-state index in [0.717, 1.165) is 0 Å². The van der Waals surface area contributed by atoms with Crippen LogP contribution in [0.5, 0.6) is 5.75 Å². The summed E-state index contributed by atoms with van der Waals surface area (Å²) in [7, 11) is 0. The van der Waals surface area contributed by atoms with Crippen LogP contribution in [-0.4, -0.2) is 11.1 Å². The normalized spacial score (nSPS) is 20.7. The van der Waals surface area contributed by atoms with Gasteiger partial charge in [0, 0.05) is 18.1 Å². The van der Waals surface area contributed by atoms with Crippen molar-refractivity contribution in [1.29, 1.82) is 0 Å². The number of halogens is 1. The zero-order valence-corrected chi connectivity index (χ0v) is 9.97. The van der Waals surface area contributed by atoms with E-state index < -0.39 is 17.4 Å². The minimum absolute atomic E-state index is 0.196. The quantitative estimate of drug-likeness (QED) is 0.900. The molecule has 96 valence electrons. The molecule has 3 rings (SSSR count). The van der Waals surface area contributed by atoms with Crippen molar-refractivity contribution in [2.24, 2.45) is 0 Å². The molecule has 1 N–H and O–H groups in total. The van der Waals surface area contributed by atoms with Gasteiger partial charge < -0.3 is 9.84 Å². The highest BCUT2D eigenvalue weighted by Gasteiger charge is 2.48. The van der Waals surface area contributed by atoms with Crippen LogP contribution >= 0.6 is 0 Å². The van der Waals surface area contributed by atoms with Gasteiger partial charge in [-0.15, -0.1) is 0 Å². The molecule has 1 aliphatic heterocycles. The Balaban J connectivity index is 2.10. The van der Waals surface area contributed by atoms with Crippen LogP contribution in [0.2, 0.25) is 0 Å². The number of carboxylic acid groups (broad SMARTS) is 1. The molecule has 0 bridgehead atoms. The first-order chi connectivity index (χ1) is 9.12. The predicted octanol–water partition coefficient (Wildman–Crippen LogP) is 2.74. The van der Waals surface area contributed by atoms with Gasteiger partial charge in [0.15, 0.2) is 0 Å². The molecule has 3 nitrogen and oxygen atoms in total. The molecule has 0 aromatic heterocycles. The maximum atomic E-state index is 13.2. The Morgan fingerprint density at radius 2 is 1.95 bits per heavy atom. The second-order valence-electron chi connectivity index (χ2n) is 4.53. The molecule has 0 amide bonds. The summed E-state index contributed by atoms with van der Waals surface area (Å²) < 4.78 is 18.8. The highest BCUT2D eigenvalue weighted by molar-refractivity contribution is 5.82. The molecule has 2 aromatic carbocycles. The second-order valence-corrected chi connectivity index (χ2v) is 4.53. The van der Waals surface area contributed by atoms with Crippen LogP contribution in [0.15, 0.2) is 48.5 Å². The summed E-state index contributed by atoms with van der Waals surface area (Å²) in [5.74, 6) is -1.21. The first-order valence-electron chi connectivity index (χ1n) is 5.88. The molecule has 19 heavy (non-hydrogen) atoms. The van der Waals surface area contributed by atoms with Crippen molar-refractivity contribution < 1.29 is 19.0 Å². The number of hydrogen-bond donors (Lipinski definition) is 1. The summed E-state index contributed by atoms with van der Waals surface area (Å²) in [6.07, 6.45) is 0.196. The second kappa shape index (κ2) is 4.09. The third-order valence-corrected chi connectivity index (χ3v) is 3.34. The van der Waals surface area contributed by atoms with Gasteiger partial charge >= 0.3 is 5.97 Å². The number of aliphatic carboxylic acids is 1. The van der Waals surface area contributed by atoms with Gasteiger partial charge in [0.25, 0.3) is 0 Å². The molecular weight excluding hydrogens is 247 g/mol. The molecule has 1 heterocycles. The molecule has 1 atom stereocenters. The minimum atomic E-state index is -1.46. The molecule has 0 saturated heterocycles. The van der Waals surface area contributed by atoms with Crippen molar-refractivity contribution in [3.8, 4) is 5.75 Å². The molecule has 0 spiro atoms. The Bertz CT molecular complexity index is 639. The molecule has 0 radical (unpaired) electrons. The van der Waals surface area contributed by atoms with Gasteiger partial charge in [0.1, 0.15) is 11.6 Å². The van der Waals surface area contributed by atoms with Crippen molar-refractivity contribution in [3.05, 3.63) is 65.5 Å². The third kappa shape index (κ3) is 1.76. The van der Waals surface area contributed by atoms with Gasteiger partial charge in [-0.3, -0.25) is 0 Å². The van der Waals surface area contributed by atoms with Gasteiger partial charge in [-0.05, 0) is 11.6 Å². The van der Waals surface area contributed by atoms with E-state index in [1.54, 1.807) is 36.4 Å². The van der Waals surface area contributed by atoms with Crippen LogP contribution in [0.3, 0.4) is 0 Å². The third-order valence-electron chi connectivity index (χ3n) is 3.34. The largest absolute Gasteiger partial charge is 0.478 e. The first-order valence-corrected chi connectivity index (χ1v) is 5.88. The summed E-state index contributed by atoms with van der Waals surface area (Å²) in [5.41, 5.74) is -0.205. The standard InChI is InChI=1S/C15H11FO3/c16-12-7-6-10-9-15(14(17)18,19-13(10)8-12)11-4-2-1-3-5-11/h1-8H,9H2,(H,17,18). The van der Waals surface area contributed by atoms with Gasteiger partial charge in [0.05, 0.1) is 0 Å². The molecular formula is C15H11FO3. The van der Waals surface area contributed by atoms with E-state index in [4.69, 9.17) is 4.74 Å². The Kier molecular flexibility index (Phi) is 2.52. The zero-order valence-electron chi connectivity index (χ0n) is 9.97. The van der Waals surface area contributed by atoms with Crippen LogP contribution in [0.4, 0.5) is 4.39 Å². The number of hydrogen-bond acceptors (Lipinski definition) is 2. The number of ether oxygens (including phenoxy) is 1. The number of carbonyl (C=O) groups is 1. The Morgan fingerprint density at radius 3 is 2.63 bits per heavy atom. The van der Waals surface area contributed by atoms with E-state index in [2.05, 4.69) is 0 Å². The SMILES string of the molecule is O=C(O)C1(c2ccccc2)Cc2ccc(F)cc2O1. The van der Waals surface area contributed by atoms with Gasteiger partial charge in [-0.25, -0.2) is 9.18 Å². The van der Waals surface area contributed by atoms with E-state index in [9.17, 15) is 14.3 Å². The maximum Gasteiger partial charge on any atom is 0.353 e. The summed E-state index contributed by atoms with van der Waals surface area (Å²) in [6.45, 7) is 0. The Morgan fingerprint density at radius 1 is 1.21 bits per heavy atom. The molecule has 0 saturated carbocycles. The van der Waals surface area contributed by atoms with Crippen molar-refractivity contribution in [3.63, 3.8) is 0 Å². The number of fused-ring (bicyclic) bond motifs is 1. The van der Waals surface area contributed by atoms with E-state index in [0.29, 0.717) is 16.9 Å². The molecule has 1 unspecified atom stereocenters. The molecule has 4 heteroatoms. The predicted molar refractivity (Wildman–Crippen MR) is 66.5 cm³/mol. The number of benzene rings is 2. The molecule has 0 aliphatic carbocycles. The maximum absolute atomic E-state index is 13.2.